The molecular weight excluding hydrogens is 212 g/mol. The van der Waals surface area contributed by atoms with Gasteiger partial charge in [0.15, 0.2) is 5.43 Å². The molecule has 0 saturated carbocycles. The Morgan fingerprint density at radius 3 is 2.65 bits per heavy atom. The Balaban J connectivity index is 2.95. The number of aryl methyl sites for hydroxylation is 1. The molecule has 0 aliphatic rings. The quantitative estimate of drug-likeness (QED) is 0.832. The Kier molecular flexibility index (Phi) is 3.03. The lowest BCUT2D eigenvalue weighted by atomic mass is 9.96. The molecule has 1 aromatic carbocycles. The first-order chi connectivity index (χ1) is 8.04. The van der Waals surface area contributed by atoms with E-state index in [9.17, 15) is 4.79 Å². The van der Waals surface area contributed by atoms with Crippen LogP contribution >= 0.6 is 0 Å². The molecule has 1 heterocycles. The molecular formula is C14H18N2O. The Hall–Kier alpha value is -1.61. The summed E-state index contributed by atoms with van der Waals surface area (Å²) in [6, 6.07) is 5.65. The highest BCUT2D eigenvalue weighted by molar-refractivity contribution is 5.85. The number of H-pyrrole nitrogens is 1. The summed E-state index contributed by atoms with van der Waals surface area (Å²) in [7, 11) is 0. The van der Waals surface area contributed by atoms with Gasteiger partial charge in [-0.25, -0.2) is 0 Å². The van der Waals surface area contributed by atoms with E-state index in [-0.39, 0.29) is 5.43 Å². The number of nitrogens with one attached hydrogen (secondary N) is 1. The highest BCUT2D eigenvalue weighted by Gasteiger charge is 2.11. The summed E-state index contributed by atoms with van der Waals surface area (Å²) < 4.78 is 0. The lowest BCUT2D eigenvalue weighted by Gasteiger charge is -2.13. The van der Waals surface area contributed by atoms with E-state index >= 15 is 0 Å². The van der Waals surface area contributed by atoms with Crippen LogP contribution in [0.3, 0.4) is 0 Å². The van der Waals surface area contributed by atoms with Crippen LogP contribution in [0.25, 0.3) is 10.9 Å². The molecule has 90 valence electrons. The molecule has 0 radical (unpaired) electrons. The minimum Gasteiger partial charge on any atom is -0.358 e. The predicted molar refractivity (Wildman–Crippen MR) is 71.3 cm³/mol. The van der Waals surface area contributed by atoms with Gasteiger partial charge in [-0.15, -0.1) is 0 Å². The molecule has 3 nitrogen and oxygen atoms in total. The normalized spacial score (nSPS) is 11.4. The average molecular weight is 230 g/mol. The van der Waals surface area contributed by atoms with Crippen molar-refractivity contribution in [1.82, 2.24) is 4.98 Å². The van der Waals surface area contributed by atoms with E-state index < -0.39 is 0 Å². The Bertz CT molecular complexity index is 611. The topological polar surface area (TPSA) is 58.9 Å². The molecule has 1 aromatic heterocycles. The molecule has 0 fully saturated rings. The van der Waals surface area contributed by atoms with E-state index in [4.69, 9.17) is 5.73 Å². The van der Waals surface area contributed by atoms with E-state index in [0.29, 0.717) is 12.5 Å². The standard InChI is InChI=1S/C14H18N2O/c1-8(2)11-5-4-10(7-15)13-12(17)6-9(3)16-14(11)13/h4-6,8H,7,15H2,1-3H3,(H,16,17). The summed E-state index contributed by atoms with van der Waals surface area (Å²) in [5, 5.41) is 0.740. The van der Waals surface area contributed by atoms with E-state index in [2.05, 4.69) is 24.9 Å². The zero-order chi connectivity index (χ0) is 12.6. The summed E-state index contributed by atoms with van der Waals surface area (Å²) in [5.74, 6) is 0.377. The molecule has 0 aliphatic heterocycles. The molecule has 0 amide bonds. The zero-order valence-electron chi connectivity index (χ0n) is 10.5. The van der Waals surface area contributed by atoms with Gasteiger partial charge in [0.2, 0.25) is 0 Å². The summed E-state index contributed by atoms with van der Waals surface area (Å²) >= 11 is 0. The number of hydrogen-bond acceptors (Lipinski definition) is 2. The fourth-order valence-corrected chi connectivity index (χ4v) is 2.23. The van der Waals surface area contributed by atoms with Crippen LogP contribution in [0.5, 0.6) is 0 Å². The molecule has 0 unspecified atom stereocenters. The van der Waals surface area contributed by atoms with Crippen molar-refractivity contribution in [3.63, 3.8) is 0 Å². The number of nitrogens with two attached hydrogens (primary N) is 1. The number of aromatic amines is 1. The Labute approximate surface area is 101 Å². The van der Waals surface area contributed by atoms with Gasteiger partial charge in [-0.3, -0.25) is 4.79 Å². The lowest BCUT2D eigenvalue weighted by Crippen LogP contribution is -2.10. The van der Waals surface area contributed by atoms with Gasteiger partial charge in [-0.05, 0) is 24.0 Å². The zero-order valence-corrected chi connectivity index (χ0v) is 10.5. The second kappa shape index (κ2) is 4.34. The highest BCUT2D eigenvalue weighted by atomic mass is 16.1. The summed E-state index contributed by atoms with van der Waals surface area (Å²) in [4.78, 5) is 15.4. The van der Waals surface area contributed by atoms with Gasteiger partial charge in [0.25, 0.3) is 0 Å². The fraction of sp³-hybridized carbons (Fsp3) is 0.357. The Morgan fingerprint density at radius 2 is 2.06 bits per heavy atom. The van der Waals surface area contributed by atoms with Crippen molar-refractivity contribution >= 4 is 10.9 Å². The first kappa shape index (κ1) is 11.9. The third-order valence-corrected chi connectivity index (χ3v) is 3.08. The largest absolute Gasteiger partial charge is 0.358 e. The Morgan fingerprint density at radius 1 is 1.35 bits per heavy atom. The van der Waals surface area contributed by atoms with Crippen molar-refractivity contribution in [2.75, 3.05) is 0 Å². The van der Waals surface area contributed by atoms with Crippen molar-refractivity contribution < 1.29 is 0 Å². The third kappa shape index (κ3) is 1.98. The summed E-state index contributed by atoms with van der Waals surface area (Å²) in [6.45, 7) is 6.54. The molecule has 0 aliphatic carbocycles. The van der Waals surface area contributed by atoms with E-state index in [1.165, 1.54) is 0 Å². The van der Waals surface area contributed by atoms with Crippen LogP contribution in [0.15, 0.2) is 23.0 Å². The van der Waals surface area contributed by atoms with Crippen molar-refractivity contribution in [3.8, 4) is 0 Å². The maximum atomic E-state index is 12.1. The van der Waals surface area contributed by atoms with Gasteiger partial charge >= 0.3 is 0 Å². The lowest BCUT2D eigenvalue weighted by molar-refractivity contribution is 0.870. The maximum absolute atomic E-state index is 12.1. The smallest absolute Gasteiger partial charge is 0.189 e. The molecule has 2 aromatic rings. The first-order valence-corrected chi connectivity index (χ1v) is 5.90. The number of aromatic nitrogens is 1. The summed E-state index contributed by atoms with van der Waals surface area (Å²) in [5.41, 5.74) is 9.65. The average Bonchev–Trinajstić information content (AvgIpc) is 2.26. The van der Waals surface area contributed by atoms with Gasteiger partial charge in [-0.1, -0.05) is 26.0 Å². The van der Waals surface area contributed by atoms with Gasteiger partial charge < -0.3 is 10.7 Å². The molecule has 0 atom stereocenters. The minimum absolute atomic E-state index is 0.0548. The van der Waals surface area contributed by atoms with Crippen molar-refractivity contribution in [2.45, 2.75) is 33.2 Å². The molecule has 17 heavy (non-hydrogen) atoms. The monoisotopic (exact) mass is 230 g/mol. The molecule has 0 saturated heterocycles. The number of fused-ring (bicyclic) bond motifs is 1. The number of hydrogen-bond donors (Lipinski definition) is 2. The predicted octanol–water partition coefficient (Wildman–Crippen LogP) is 2.42. The van der Waals surface area contributed by atoms with Crippen LogP contribution in [0.4, 0.5) is 0 Å². The van der Waals surface area contributed by atoms with E-state index in [0.717, 1.165) is 27.7 Å². The fourth-order valence-electron chi connectivity index (χ4n) is 2.23. The highest BCUT2D eigenvalue weighted by Crippen LogP contribution is 2.24. The molecule has 0 spiro atoms. The van der Waals surface area contributed by atoms with Gasteiger partial charge in [0.05, 0.1) is 10.9 Å². The van der Waals surface area contributed by atoms with Gasteiger partial charge in [-0.2, -0.15) is 0 Å². The number of rotatable bonds is 2. The molecule has 2 rings (SSSR count). The number of benzene rings is 1. The SMILES string of the molecule is Cc1cc(=O)c2c(CN)ccc(C(C)C)c2[nH]1. The van der Waals surface area contributed by atoms with Crippen LogP contribution in [0.1, 0.15) is 36.6 Å². The van der Waals surface area contributed by atoms with Gasteiger partial charge in [0, 0.05) is 18.3 Å². The van der Waals surface area contributed by atoms with Crippen molar-refractivity contribution in [3.05, 3.63) is 45.2 Å². The molecule has 3 N–H and O–H groups in total. The van der Waals surface area contributed by atoms with Crippen LogP contribution < -0.4 is 11.2 Å². The minimum atomic E-state index is 0.0548. The van der Waals surface area contributed by atoms with E-state index in [1.807, 2.05) is 13.0 Å². The van der Waals surface area contributed by atoms with Gasteiger partial charge in [0.1, 0.15) is 0 Å². The van der Waals surface area contributed by atoms with E-state index in [1.54, 1.807) is 6.07 Å². The number of pyridine rings is 1. The second-order valence-electron chi connectivity index (χ2n) is 4.74. The van der Waals surface area contributed by atoms with Crippen molar-refractivity contribution in [2.24, 2.45) is 5.73 Å². The molecule has 3 heteroatoms. The van der Waals surface area contributed by atoms with Crippen molar-refractivity contribution in [1.29, 1.82) is 0 Å². The second-order valence-corrected chi connectivity index (χ2v) is 4.74. The first-order valence-electron chi connectivity index (χ1n) is 5.90. The van der Waals surface area contributed by atoms with Crippen LogP contribution in [0.2, 0.25) is 0 Å². The van der Waals surface area contributed by atoms with Crippen LogP contribution in [-0.2, 0) is 6.54 Å². The van der Waals surface area contributed by atoms with Crippen LogP contribution in [0, 0.1) is 6.92 Å². The summed E-state index contributed by atoms with van der Waals surface area (Å²) in [6.07, 6.45) is 0. The van der Waals surface area contributed by atoms with Crippen LogP contribution in [-0.4, -0.2) is 4.98 Å². The molecule has 0 bridgehead atoms. The maximum Gasteiger partial charge on any atom is 0.189 e. The third-order valence-electron chi connectivity index (χ3n) is 3.08.